The number of nitrogens with two attached hydrogens (primary N) is 1. The molecule has 5 heteroatoms. The molecule has 2 rings (SSSR count). The number of hydrogen-bond donors (Lipinski definition) is 2. The Bertz CT molecular complexity index is 601. The Kier molecular flexibility index (Phi) is 3.90. The molecule has 100 valence electrons. The number of rotatable bonds is 3. The van der Waals surface area contributed by atoms with Crippen LogP contribution >= 0.6 is 11.6 Å². The van der Waals surface area contributed by atoms with E-state index in [0.717, 1.165) is 5.56 Å². The van der Waals surface area contributed by atoms with Crippen molar-refractivity contribution in [3.05, 3.63) is 52.4 Å². The van der Waals surface area contributed by atoms with Crippen LogP contribution in [0, 0.1) is 12.7 Å². The van der Waals surface area contributed by atoms with Crippen LogP contribution in [0.4, 0.5) is 15.9 Å². The Balaban J connectivity index is 2.20. The Morgan fingerprint density at radius 2 is 2.11 bits per heavy atom. The third-order valence-electron chi connectivity index (χ3n) is 2.93. The summed E-state index contributed by atoms with van der Waals surface area (Å²) in [5.74, 6) is 0.320. The number of nitrogen functional groups attached to an aromatic ring is 1. The van der Waals surface area contributed by atoms with Crippen molar-refractivity contribution < 1.29 is 4.39 Å². The van der Waals surface area contributed by atoms with Crippen molar-refractivity contribution in [2.24, 2.45) is 0 Å². The van der Waals surface area contributed by atoms with E-state index in [4.69, 9.17) is 17.3 Å². The molecule has 1 aromatic carbocycles. The Morgan fingerprint density at radius 3 is 2.74 bits per heavy atom. The average molecular weight is 280 g/mol. The number of benzene rings is 1. The van der Waals surface area contributed by atoms with Crippen LogP contribution in [0.1, 0.15) is 24.1 Å². The maximum absolute atomic E-state index is 13.5. The summed E-state index contributed by atoms with van der Waals surface area (Å²) in [7, 11) is 0. The van der Waals surface area contributed by atoms with Gasteiger partial charge in [0.1, 0.15) is 11.6 Å². The summed E-state index contributed by atoms with van der Waals surface area (Å²) < 4.78 is 13.5. The first-order valence-corrected chi connectivity index (χ1v) is 6.29. The fraction of sp³-hybridized carbons (Fsp3) is 0.214. The van der Waals surface area contributed by atoms with E-state index in [1.165, 1.54) is 12.3 Å². The number of nitrogens with zero attached hydrogens (tertiary/aromatic N) is 1. The third kappa shape index (κ3) is 3.15. The summed E-state index contributed by atoms with van der Waals surface area (Å²) in [5.41, 5.74) is 7.74. The molecule has 1 atom stereocenters. The van der Waals surface area contributed by atoms with Gasteiger partial charge in [0.05, 0.1) is 16.8 Å². The van der Waals surface area contributed by atoms with Crippen molar-refractivity contribution in [1.29, 1.82) is 0 Å². The van der Waals surface area contributed by atoms with Gasteiger partial charge in [0.25, 0.3) is 0 Å². The molecule has 1 heterocycles. The molecule has 1 aromatic heterocycles. The van der Waals surface area contributed by atoms with Gasteiger partial charge in [0.15, 0.2) is 0 Å². The van der Waals surface area contributed by atoms with E-state index >= 15 is 0 Å². The smallest absolute Gasteiger partial charge is 0.149 e. The highest BCUT2D eigenvalue weighted by atomic mass is 35.5. The highest BCUT2D eigenvalue weighted by Crippen LogP contribution is 2.25. The zero-order valence-electron chi connectivity index (χ0n) is 10.7. The molecule has 3 N–H and O–H groups in total. The van der Waals surface area contributed by atoms with Crippen molar-refractivity contribution in [1.82, 2.24) is 4.98 Å². The van der Waals surface area contributed by atoms with E-state index in [2.05, 4.69) is 10.3 Å². The van der Waals surface area contributed by atoms with Gasteiger partial charge in [0.2, 0.25) is 0 Å². The van der Waals surface area contributed by atoms with Crippen LogP contribution in [0.15, 0.2) is 30.5 Å². The molecule has 2 aromatic rings. The molecule has 19 heavy (non-hydrogen) atoms. The van der Waals surface area contributed by atoms with Gasteiger partial charge >= 0.3 is 0 Å². The third-order valence-corrected chi connectivity index (χ3v) is 3.14. The first kappa shape index (κ1) is 13.6. The molecule has 0 aliphatic heterocycles. The van der Waals surface area contributed by atoms with Crippen molar-refractivity contribution >= 4 is 23.1 Å². The number of aromatic nitrogens is 1. The lowest BCUT2D eigenvalue weighted by molar-refractivity contribution is 0.614. The van der Waals surface area contributed by atoms with E-state index in [1.54, 1.807) is 19.1 Å². The fourth-order valence-corrected chi connectivity index (χ4v) is 1.91. The van der Waals surface area contributed by atoms with E-state index in [0.29, 0.717) is 22.1 Å². The van der Waals surface area contributed by atoms with Crippen molar-refractivity contribution in [3.63, 3.8) is 0 Å². The highest BCUT2D eigenvalue weighted by molar-refractivity contribution is 6.30. The second-order valence-electron chi connectivity index (χ2n) is 4.47. The molecule has 0 saturated carbocycles. The average Bonchev–Trinajstić information content (AvgIpc) is 2.36. The van der Waals surface area contributed by atoms with Gasteiger partial charge in [-0.1, -0.05) is 23.7 Å². The summed E-state index contributed by atoms with van der Waals surface area (Å²) >= 11 is 5.79. The van der Waals surface area contributed by atoms with E-state index in [1.807, 2.05) is 13.0 Å². The lowest BCUT2D eigenvalue weighted by Gasteiger charge is -2.16. The molecular formula is C14H15ClFN3. The summed E-state index contributed by atoms with van der Waals surface area (Å²) in [5, 5.41) is 3.62. The van der Waals surface area contributed by atoms with Gasteiger partial charge < -0.3 is 11.1 Å². The SMILES string of the molecule is Cc1ccc(C(C)Nc2ncc(Cl)cc2N)cc1F. The van der Waals surface area contributed by atoms with Crippen LogP contribution in [0.25, 0.3) is 0 Å². The largest absolute Gasteiger partial charge is 0.396 e. The summed E-state index contributed by atoms with van der Waals surface area (Å²) in [6.07, 6.45) is 1.52. The minimum Gasteiger partial charge on any atom is -0.396 e. The van der Waals surface area contributed by atoms with Crippen LogP contribution in [-0.4, -0.2) is 4.98 Å². The van der Waals surface area contributed by atoms with E-state index in [-0.39, 0.29) is 11.9 Å². The van der Waals surface area contributed by atoms with Crippen LogP contribution in [0.5, 0.6) is 0 Å². The van der Waals surface area contributed by atoms with Crippen molar-refractivity contribution in [2.75, 3.05) is 11.1 Å². The molecule has 0 bridgehead atoms. The summed E-state index contributed by atoms with van der Waals surface area (Å²) in [6, 6.07) is 6.66. The molecule has 0 aliphatic rings. The molecule has 0 spiro atoms. The highest BCUT2D eigenvalue weighted by Gasteiger charge is 2.10. The lowest BCUT2D eigenvalue weighted by Crippen LogP contribution is -2.10. The quantitative estimate of drug-likeness (QED) is 0.895. The first-order chi connectivity index (χ1) is 8.97. The van der Waals surface area contributed by atoms with Crippen LogP contribution < -0.4 is 11.1 Å². The van der Waals surface area contributed by atoms with Gasteiger partial charge in [-0.25, -0.2) is 9.37 Å². The fourth-order valence-electron chi connectivity index (χ4n) is 1.74. The maximum atomic E-state index is 13.5. The minimum atomic E-state index is -0.219. The Hall–Kier alpha value is -1.81. The Labute approximate surface area is 116 Å². The first-order valence-electron chi connectivity index (χ1n) is 5.91. The summed E-state index contributed by atoms with van der Waals surface area (Å²) in [6.45, 7) is 3.65. The number of anilines is 2. The molecule has 0 amide bonds. The predicted octanol–water partition coefficient (Wildman–Crippen LogP) is 3.94. The number of nitrogens with one attached hydrogen (secondary N) is 1. The number of hydrogen-bond acceptors (Lipinski definition) is 3. The van der Waals surface area contributed by atoms with Gasteiger partial charge in [-0.05, 0) is 37.1 Å². The topological polar surface area (TPSA) is 50.9 Å². The number of halogens is 2. The van der Waals surface area contributed by atoms with Crippen LogP contribution in [-0.2, 0) is 0 Å². The molecular weight excluding hydrogens is 265 g/mol. The standard InChI is InChI=1S/C14H15ClFN3/c1-8-3-4-10(5-12(8)16)9(2)19-14-13(17)6-11(15)7-18-14/h3-7,9H,17H2,1-2H3,(H,18,19). The van der Waals surface area contributed by atoms with Gasteiger partial charge in [-0.3, -0.25) is 0 Å². The van der Waals surface area contributed by atoms with E-state index in [9.17, 15) is 4.39 Å². The molecule has 1 unspecified atom stereocenters. The summed E-state index contributed by atoms with van der Waals surface area (Å²) in [4.78, 5) is 4.12. The molecule has 0 radical (unpaired) electrons. The second-order valence-corrected chi connectivity index (χ2v) is 4.90. The number of pyridine rings is 1. The van der Waals surface area contributed by atoms with Gasteiger partial charge in [-0.2, -0.15) is 0 Å². The molecule has 0 fully saturated rings. The monoisotopic (exact) mass is 279 g/mol. The van der Waals surface area contributed by atoms with Crippen LogP contribution in [0.2, 0.25) is 5.02 Å². The lowest BCUT2D eigenvalue weighted by atomic mass is 10.1. The zero-order valence-corrected chi connectivity index (χ0v) is 11.5. The van der Waals surface area contributed by atoms with Gasteiger partial charge in [0, 0.05) is 6.20 Å². The van der Waals surface area contributed by atoms with Crippen molar-refractivity contribution in [3.8, 4) is 0 Å². The second kappa shape index (κ2) is 5.45. The molecule has 0 aliphatic carbocycles. The predicted molar refractivity (Wildman–Crippen MR) is 76.8 cm³/mol. The molecule has 0 saturated heterocycles. The van der Waals surface area contributed by atoms with Gasteiger partial charge in [-0.15, -0.1) is 0 Å². The Morgan fingerprint density at radius 1 is 1.37 bits per heavy atom. The normalized spacial score (nSPS) is 12.2. The molecule has 3 nitrogen and oxygen atoms in total. The van der Waals surface area contributed by atoms with E-state index < -0.39 is 0 Å². The zero-order chi connectivity index (χ0) is 14.0. The van der Waals surface area contributed by atoms with Crippen LogP contribution in [0.3, 0.4) is 0 Å². The number of aryl methyl sites for hydroxylation is 1. The van der Waals surface area contributed by atoms with Crippen molar-refractivity contribution in [2.45, 2.75) is 19.9 Å². The maximum Gasteiger partial charge on any atom is 0.149 e. The minimum absolute atomic E-state index is 0.105.